The number of aromatic amines is 1. The third-order valence-corrected chi connectivity index (χ3v) is 4.39. The van der Waals surface area contributed by atoms with Crippen LogP contribution in [0, 0.1) is 0 Å². The lowest BCUT2D eigenvalue weighted by atomic mass is 10.2. The first-order valence-electron chi connectivity index (χ1n) is 8.12. The van der Waals surface area contributed by atoms with E-state index in [1.54, 1.807) is 6.33 Å². The fourth-order valence-electron chi connectivity index (χ4n) is 3.11. The van der Waals surface area contributed by atoms with Crippen LogP contribution in [0.1, 0.15) is 29.3 Å². The van der Waals surface area contributed by atoms with E-state index < -0.39 is 0 Å². The molecule has 0 saturated carbocycles. The van der Waals surface area contributed by atoms with Crippen molar-refractivity contribution in [3.8, 4) is 0 Å². The molecule has 1 atom stereocenters. The molecular weight excluding hydrogens is 306 g/mol. The lowest BCUT2D eigenvalue weighted by Crippen LogP contribution is -2.43. The Morgan fingerprint density at radius 1 is 1.42 bits per heavy atom. The van der Waals surface area contributed by atoms with Crippen LogP contribution in [-0.2, 0) is 11.3 Å². The van der Waals surface area contributed by atoms with Crippen LogP contribution in [0.25, 0.3) is 10.9 Å². The molecule has 1 aliphatic rings. The largest absolute Gasteiger partial charge is 0.366 e. The first-order valence-corrected chi connectivity index (χ1v) is 8.12. The Labute approximate surface area is 139 Å². The number of fused-ring (bicyclic) bond motifs is 1. The zero-order valence-corrected chi connectivity index (χ0v) is 13.5. The summed E-state index contributed by atoms with van der Waals surface area (Å²) in [5.74, 6) is 0.758. The molecular formula is C17H19N5O2. The van der Waals surface area contributed by atoms with Gasteiger partial charge in [0, 0.05) is 24.0 Å². The van der Waals surface area contributed by atoms with Gasteiger partial charge in [0.15, 0.2) is 5.82 Å². The molecule has 7 nitrogen and oxygen atoms in total. The van der Waals surface area contributed by atoms with Gasteiger partial charge in [0.2, 0.25) is 0 Å². The van der Waals surface area contributed by atoms with Crippen LogP contribution in [0.5, 0.6) is 0 Å². The van der Waals surface area contributed by atoms with Crippen molar-refractivity contribution >= 4 is 16.8 Å². The van der Waals surface area contributed by atoms with E-state index in [0.717, 1.165) is 23.3 Å². The highest BCUT2D eigenvalue weighted by Crippen LogP contribution is 2.23. The van der Waals surface area contributed by atoms with Crippen LogP contribution in [-0.4, -0.2) is 50.3 Å². The van der Waals surface area contributed by atoms with Gasteiger partial charge >= 0.3 is 0 Å². The molecule has 0 aliphatic carbocycles. The highest BCUT2D eigenvalue weighted by atomic mass is 16.5. The first-order chi connectivity index (χ1) is 11.8. The Balaban J connectivity index is 1.56. The monoisotopic (exact) mass is 325 g/mol. The molecule has 3 aromatic rings. The van der Waals surface area contributed by atoms with Gasteiger partial charge in [0.05, 0.1) is 13.2 Å². The van der Waals surface area contributed by atoms with Crippen molar-refractivity contribution < 1.29 is 9.53 Å². The van der Waals surface area contributed by atoms with Crippen LogP contribution in [0.4, 0.5) is 0 Å². The van der Waals surface area contributed by atoms with Crippen molar-refractivity contribution in [3.05, 3.63) is 48.2 Å². The molecule has 1 fully saturated rings. The Hall–Kier alpha value is -2.67. The summed E-state index contributed by atoms with van der Waals surface area (Å²) in [5, 5.41) is 9.14. The fraction of sp³-hybridized carbons (Fsp3) is 0.353. The average molecular weight is 325 g/mol. The molecule has 2 aromatic heterocycles. The molecule has 1 aliphatic heterocycles. The zero-order chi connectivity index (χ0) is 16.5. The topological polar surface area (TPSA) is 76.0 Å². The number of aromatic nitrogens is 4. The van der Waals surface area contributed by atoms with Crippen LogP contribution < -0.4 is 0 Å². The van der Waals surface area contributed by atoms with E-state index in [-0.39, 0.29) is 12.0 Å². The quantitative estimate of drug-likeness (QED) is 0.799. The lowest BCUT2D eigenvalue weighted by molar-refractivity contribution is -0.0285. The minimum absolute atomic E-state index is 0.0120. The standard InChI is InChI=1S/C17H19N5O2/c1-2-21-11-18-20-16(21)15-10-22(7-8-24-15)17(23)14-9-12-5-3-4-6-13(12)19-14/h3-6,9,11,15,19H,2,7-8,10H2,1H3. The predicted octanol–water partition coefficient (Wildman–Crippen LogP) is 1.99. The van der Waals surface area contributed by atoms with Gasteiger partial charge in [-0.25, -0.2) is 0 Å². The molecule has 1 N–H and O–H groups in total. The van der Waals surface area contributed by atoms with E-state index in [1.165, 1.54) is 0 Å². The first kappa shape index (κ1) is 14.9. The van der Waals surface area contributed by atoms with E-state index in [1.807, 2.05) is 46.7 Å². The summed E-state index contributed by atoms with van der Waals surface area (Å²) in [4.78, 5) is 17.8. The highest BCUT2D eigenvalue weighted by Gasteiger charge is 2.29. The normalized spacial score (nSPS) is 18.2. The van der Waals surface area contributed by atoms with Gasteiger partial charge in [-0.3, -0.25) is 4.79 Å². The summed E-state index contributed by atoms with van der Waals surface area (Å²) in [6.45, 7) is 4.35. The summed E-state index contributed by atoms with van der Waals surface area (Å²) < 4.78 is 7.76. The number of nitrogens with zero attached hydrogens (tertiary/aromatic N) is 4. The third-order valence-electron chi connectivity index (χ3n) is 4.39. The van der Waals surface area contributed by atoms with Crippen LogP contribution >= 0.6 is 0 Å². The van der Waals surface area contributed by atoms with E-state index in [0.29, 0.717) is 25.4 Å². The zero-order valence-electron chi connectivity index (χ0n) is 13.5. The van der Waals surface area contributed by atoms with Crippen molar-refractivity contribution in [3.63, 3.8) is 0 Å². The summed E-state index contributed by atoms with van der Waals surface area (Å²) in [6.07, 6.45) is 1.45. The minimum Gasteiger partial charge on any atom is -0.366 e. The number of hydrogen-bond acceptors (Lipinski definition) is 4. The Bertz CT molecular complexity index is 836. The number of morpholine rings is 1. The van der Waals surface area contributed by atoms with Crippen molar-refractivity contribution in [2.24, 2.45) is 0 Å². The maximum atomic E-state index is 12.8. The van der Waals surface area contributed by atoms with Crippen LogP contribution in [0.15, 0.2) is 36.7 Å². The second kappa shape index (κ2) is 6.09. The van der Waals surface area contributed by atoms with Gasteiger partial charge in [0.25, 0.3) is 5.91 Å². The number of benzene rings is 1. The van der Waals surface area contributed by atoms with E-state index in [4.69, 9.17) is 4.74 Å². The average Bonchev–Trinajstić information content (AvgIpc) is 3.27. The van der Waals surface area contributed by atoms with Crippen LogP contribution in [0.3, 0.4) is 0 Å². The summed E-state index contributed by atoms with van der Waals surface area (Å²) >= 11 is 0. The number of hydrogen-bond donors (Lipinski definition) is 1. The molecule has 4 rings (SSSR count). The van der Waals surface area contributed by atoms with Gasteiger partial charge < -0.3 is 19.2 Å². The molecule has 1 saturated heterocycles. The van der Waals surface area contributed by atoms with E-state index >= 15 is 0 Å². The second-order valence-corrected chi connectivity index (χ2v) is 5.86. The van der Waals surface area contributed by atoms with Crippen LogP contribution in [0.2, 0.25) is 0 Å². The number of carbonyl (C=O) groups is 1. The number of rotatable bonds is 3. The van der Waals surface area contributed by atoms with Gasteiger partial charge in [-0.1, -0.05) is 18.2 Å². The van der Waals surface area contributed by atoms with Crippen molar-refractivity contribution in [2.75, 3.05) is 19.7 Å². The number of amides is 1. The number of H-pyrrole nitrogens is 1. The number of aryl methyl sites for hydroxylation is 1. The van der Waals surface area contributed by atoms with E-state index in [2.05, 4.69) is 15.2 Å². The van der Waals surface area contributed by atoms with Gasteiger partial charge in [-0.2, -0.15) is 0 Å². The van der Waals surface area contributed by atoms with E-state index in [9.17, 15) is 4.79 Å². The minimum atomic E-state index is -0.241. The molecule has 124 valence electrons. The van der Waals surface area contributed by atoms with Gasteiger partial charge in [-0.05, 0) is 19.1 Å². The summed E-state index contributed by atoms with van der Waals surface area (Å²) in [6, 6.07) is 9.78. The Morgan fingerprint density at radius 3 is 3.12 bits per heavy atom. The van der Waals surface area contributed by atoms with Gasteiger partial charge in [0.1, 0.15) is 18.1 Å². The fourth-order valence-corrected chi connectivity index (χ4v) is 3.11. The molecule has 1 amide bonds. The number of nitrogens with one attached hydrogen (secondary N) is 1. The smallest absolute Gasteiger partial charge is 0.270 e. The van der Waals surface area contributed by atoms with Gasteiger partial charge in [-0.15, -0.1) is 10.2 Å². The third kappa shape index (κ3) is 2.56. The number of para-hydroxylation sites is 1. The molecule has 0 spiro atoms. The van der Waals surface area contributed by atoms with Crippen molar-refractivity contribution in [1.82, 2.24) is 24.6 Å². The molecule has 7 heteroatoms. The molecule has 1 aromatic carbocycles. The molecule has 24 heavy (non-hydrogen) atoms. The number of carbonyl (C=O) groups excluding carboxylic acids is 1. The molecule has 3 heterocycles. The summed E-state index contributed by atoms with van der Waals surface area (Å²) in [7, 11) is 0. The molecule has 0 radical (unpaired) electrons. The SMILES string of the molecule is CCn1cnnc1C1CN(C(=O)c2cc3ccccc3[nH]2)CCO1. The molecule has 0 bridgehead atoms. The Kier molecular flexibility index (Phi) is 3.78. The van der Waals surface area contributed by atoms with Crippen molar-refractivity contribution in [1.29, 1.82) is 0 Å². The lowest BCUT2D eigenvalue weighted by Gasteiger charge is -2.32. The highest BCUT2D eigenvalue weighted by molar-refractivity contribution is 5.98. The van der Waals surface area contributed by atoms with Crippen molar-refractivity contribution in [2.45, 2.75) is 19.6 Å². The molecule has 1 unspecified atom stereocenters. The predicted molar refractivity (Wildman–Crippen MR) is 88.6 cm³/mol. The second-order valence-electron chi connectivity index (χ2n) is 5.86. The Morgan fingerprint density at radius 2 is 2.29 bits per heavy atom. The maximum absolute atomic E-state index is 12.8. The summed E-state index contributed by atoms with van der Waals surface area (Å²) in [5.41, 5.74) is 1.57. The maximum Gasteiger partial charge on any atom is 0.270 e. The number of ether oxygens (including phenoxy) is 1.